The largest absolute Gasteiger partial charge is 0.299 e. The summed E-state index contributed by atoms with van der Waals surface area (Å²) in [4.78, 5) is 3.55. The van der Waals surface area contributed by atoms with Crippen molar-refractivity contribution in [2.75, 3.05) is 18.8 Å². The number of benzene rings is 1. The van der Waals surface area contributed by atoms with Gasteiger partial charge in [-0.1, -0.05) is 18.2 Å². The van der Waals surface area contributed by atoms with E-state index in [1.54, 1.807) is 13.2 Å². The van der Waals surface area contributed by atoms with Gasteiger partial charge in [-0.15, -0.1) is 11.8 Å². The van der Waals surface area contributed by atoms with E-state index < -0.39 is 6.43 Å². The second kappa shape index (κ2) is 7.45. The number of aromatic nitrogens is 2. The van der Waals surface area contributed by atoms with E-state index in [4.69, 9.17) is 0 Å². The highest BCUT2D eigenvalue weighted by atomic mass is 32.2. The summed E-state index contributed by atoms with van der Waals surface area (Å²) in [6.07, 6.45) is 0.343. The smallest absolute Gasteiger partial charge is 0.282 e. The van der Waals surface area contributed by atoms with Crippen molar-refractivity contribution in [1.29, 1.82) is 0 Å². The van der Waals surface area contributed by atoms with E-state index in [2.05, 4.69) is 34.3 Å². The zero-order valence-electron chi connectivity index (χ0n) is 13.2. The maximum atomic E-state index is 13.0. The molecule has 3 nitrogen and oxygen atoms in total. The quantitative estimate of drug-likeness (QED) is 0.744. The molecule has 0 bridgehead atoms. The van der Waals surface area contributed by atoms with Gasteiger partial charge in [0.1, 0.15) is 5.69 Å². The van der Waals surface area contributed by atoms with Crippen LogP contribution in [0, 0.1) is 5.92 Å². The normalized spacial score (nSPS) is 18.9. The maximum Gasteiger partial charge on any atom is 0.282 e. The lowest BCUT2D eigenvalue weighted by Crippen LogP contribution is -2.21. The molecular weight excluding hydrogens is 316 g/mol. The van der Waals surface area contributed by atoms with E-state index in [1.807, 2.05) is 17.8 Å². The molecule has 1 atom stereocenters. The minimum absolute atomic E-state index is 0.0744. The van der Waals surface area contributed by atoms with Gasteiger partial charge in [-0.25, -0.2) is 8.78 Å². The number of likely N-dealkylation sites (tertiary alicyclic amines) is 1. The van der Waals surface area contributed by atoms with E-state index in [9.17, 15) is 8.78 Å². The van der Waals surface area contributed by atoms with Crippen LogP contribution in [0.4, 0.5) is 8.78 Å². The lowest BCUT2D eigenvalue weighted by molar-refractivity contribution is 0.142. The molecule has 23 heavy (non-hydrogen) atoms. The topological polar surface area (TPSA) is 21.1 Å². The fraction of sp³-hybridized carbons (Fsp3) is 0.471. The first-order valence-corrected chi connectivity index (χ1v) is 8.81. The van der Waals surface area contributed by atoms with E-state index in [-0.39, 0.29) is 5.69 Å². The third-order valence-electron chi connectivity index (χ3n) is 4.14. The Morgan fingerprint density at radius 1 is 1.30 bits per heavy atom. The van der Waals surface area contributed by atoms with Crippen molar-refractivity contribution in [2.45, 2.75) is 24.3 Å². The number of aryl methyl sites for hydroxylation is 1. The van der Waals surface area contributed by atoms with Crippen LogP contribution in [0.25, 0.3) is 0 Å². The van der Waals surface area contributed by atoms with Crippen molar-refractivity contribution in [1.82, 2.24) is 14.7 Å². The highest BCUT2D eigenvalue weighted by molar-refractivity contribution is 7.99. The van der Waals surface area contributed by atoms with Crippen LogP contribution in [-0.2, 0) is 13.6 Å². The molecule has 1 aromatic heterocycles. The number of halogens is 2. The zero-order valence-corrected chi connectivity index (χ0v) is 14.0. The van der Waals surface area contributed by atoms with Gasteiger partial charge in [-0.05, 0) is 31.0 Å². The highest BCUT2D eigenvalue weighted by Gasteiger charge is 2.25. The number of alkyl halides is 2. The van der Waals surface area contributed by atoms with Crippen LogP contribution >= 0.6 is 11.8 Å². The minimum atomic E-state index is -2.50. The molecule has 1 aliphatic rings. The van der Waals surface area contributed by atoms with Gasteiger partial charge in [0.2, 0.25) is 0 Å². The van der Waals surface area contributed by atoms with E-state index in [0.29, 0.717) is 18.0 Å². The van der Waals surface area contributed by atoms with Crippen molar-refractivity contribution in [2.24, 2.45) is 13.0 Å². The molecule has 0 saturated carbocycles. The first-order chi connectivity index (χ1) is 11.1. The summed E-state index contributed by atoms with van der Waals surface area (Å²) in [5.74, 6) is 1.70. The Morgan fingerprint density at radius 3 is 2.83 bits per heavy atom. The molecule has 1 aromatic carbocycles. The summed E-state index contributed by atoms with van der Waals surface area (Å²) in [6.45, 7) is 2.51. The van der Waals surface area contributed by atoms with Crippen molar-refractivity contribution in [3.8, 4) is 0 Å². The number of hydrogen-bond donors (Lipinski definition) is 0. The molecule has 0 N–H and O–H groups in total. The lowest BCUT2D eigenvalue weighted by atomic mass is 10.2. The maximum absolute atomic E-state index is 13.0. The molecule has 1 aliphatic heterocycles. The number of rotatable bonds is 6. The van der Waals surface area contributed by atoms with Gasteiger partial charge in [0.05, 0.1) is 0 Å². The summed E-state index contributed by atoms with van der Waals surface area (Å²) in [5.41, 5.74) is 0.577. The van der Waals surface area contributed by atoms with Crippen LogP contribution in [0.3, 0.4) is 0 Å². The Labute approximate surface area is 139 Å². The summed E-state index contributed by atoms with van der Waals surface area (Å²) < 4.78 is 27.5. The summed E-state index contributed by atoms with van der Waals surface area (Å²) in [5, 5.41) is 3.88. The molecule has 2 heterocycles. The van der Waals surface area contributed by atoms with Gasteiger partial charge in [-0.3, -0.25) is 9.58 Å². The van der Waals surface area contributed by atoms with Gasteiger partial charge >= 0.3 is 0 Å². The SMILES string of the molecule is Cn1cc(CN2CC[C@@H](CSc3ccccc3)C2)c(C(F)F)n1. The summed E-state index contributed by atoms with van der Waals surface area (Å²) >= 11 is 1.88. The average Bonchev–Trinajstić information content (AvgIpc) is 3.13. The molecule has 6 heteroatoms. The first-order valence-electron chi connectivity index (χ1n) is 7.82. The Kier molecular flexibility index (Phi) is 5.33. The molecule has 124 valence electrons. The summed E-state index contributed by atoms with van der Waals surface area (Å²) in [6, 6.07) is 10.4. The molecule has 1 saturated heterocycles. The fourth-order valence-corrected chi connectivity index (χ4v) is 4.07. The van der Waals surface area contributed by atoms with Crippen LogP contribution in [0.1, 0.15) is 24.1 Å². The van der Waals surface area contributed by atoms with Crippen molar-refractivity contribution >= 4 is 11.8 Å². The molecule has 0 amide bonds. The zero-order chi connectivity index (χ0) is 16.2. The van der Waals surface area contributed by atoms with Crippen molar-refractivity contribution < 1.29 is 8.78 Å². The molecule has 0 aliphatic carbocycles. The van der Waals surface area contributed by atoms with Crippen molar-refractivity contribution in [3.05, 3.63) is 47.8 Å². The first kappa shape index (κ1) is 16.5. The van der Waals surface area contributed by atoms with Crippen LogP contribution in [0.15, 0.2) is 41.4 Å². The number of hydrogen-bond acceptors (Lipinski definition) is 3. The van der Waals surface area contributed by atoms with Gasteiger partial charge in [0.25, 0.3) is 6.43 Å². The van der Waals surface area contributed by atoms with E-state index in [0.717, 1.165) is 25.3 Å². The predicted molar refractivity (Wildman–Crippen MR) is 88.7 cm³/mol. The summed E-state index contributed by atoms with van der Waals surface area (Å²) in [7, 11) is 1.69. The van der Waals surface area contributed by atoms with Crippen LogP contribution in [0.5, 0.6) is 0 Å². The third-order valence-corrected chi connectivity index (χ3v) is 5.38. The number of thioether (sulfide) groups is 1. The van der Waals surface area contributed by atoms with Crippen LogP contribution in [0.2, 0.25) is 0 Å². The minimum Gasteiger partial charge on any atom is -0.299 e. The molecule has 0 unspecified atom stereocenters. The number of nitrogens with zero attached hydrogens (tertiary/aromatic N) is 3. The van der Waals surface area contributed by atoms with Crippen LogP contribution < -0.4 is 0 Å². The lowest BCUT2D eigenvalue weighted by Gasteiger charge is -2.15. The van der Waals surface area contributed by atoms with Gasteiger partial charge < -0.3 is 0 Å². The Balaban J connectivity index is 1.52. The fourth-order valence-electron chi connectivity index (χ4n) is 3.02. The molecule has 1 fully saturated rings. The van der Waals surface area contributed by atoms with Gasteiger partial charge in [0, 0.05) is 42.5 Å². The average molecular weight is 337 g/mol. The van der Waals surface area contributed by atoms with Crippen LogP contribution in [-0.4, -0.2) is 33.5 Å². The van der Waals surface area contributed by atoms with Gasteiger partial charge in [0.15, 0.2) is 0 Å². The molecule has 0 spiro atoms. The second-order valence-electron chi connectivity index (χ2n) is 6.03. The Hall–Kier alpha value is -1.40. The van der Waals surface area contributed by atoms with Gasteiger partial charge in [-0.2, -0.15) is 5.10 Å². The molecule has 3 rings (SSSR count). The Morgan fingerprint density at radius 2 is 2.09 bits per heavy atom. The highest BCUT2D eigenvalue weighted by Crippen LogP contribution is 2.28. The standard InChI is InChI=1S/C17H21F2N3S/c1-21-10-14(16(20-21)17(18)19)11-22-8-7-13(9-22)12-23-15-5-3-2-4-6-15/h2-6,10,13,17H,7-9,11-12H2,1H3/t13-/m1/s1. The molecule has 0 radical (unpaired) electrons. The van der Waals surface area contributed by atoms with E-state index >= 15 is 0 Å². The molecule has 2 aromatic rings. The van der Waals surface area contributed by atoms with E-state index in [1.165, 1.54) is 9.58 Å². The molecular formula is C17H21F2N3S. The predicted octanol–water partition coefficient (Wildman–Crippen LogP) is 3.97. The third kappa shape index (κ3) is 4.32. The second-order valence-corrected chi connectivity index (χ2v) is 7.12. The monoisotopic (exact) mass is 337 g/mol. The van der Waals surface area contributed by atoms with Crippen molar-refractivity contribution in [3.63, 3.8) is 0 Å². The Bertz CT molecular complexity index is 630.